The summed E-state index contributed by atoms with van der Waals surface area (Å²) in [7, 11) is 0. The smallest absolute Gasteiger partial charge is 0.325 e. The summed E-state index contributed by atoms with van der Waals surface area (Å²) < 4.78 is 0. The molecule has 0 amide bonds. The van der Waals surface area contributed by atoms with Crippen molar-refractivity contribution in [3.05, 3.63) is 29.8 Å². The lowest BCUT2D eigenvalue weighted by Crippen LogP contribution is -2.20. The summed E-state index contributed by atoms with van der Waals surface area (Å²) in [6.45, 7) is -0.162. The molecular formula is C11H14N2O3. The van der Waals surface area contributed by atoms with Crippen molar-refractivity contribution in [2.75, 3.05) is 11.9 Å². The zero-order valence-corrected chi connectivity index (χ0v) is 8.73. The Balaban J connectivity index is 0.00000128. The van der Waals surface area contributed by atoms with Gasteiger partial charge >= 0.3 is 5.97 Å². The lowest BCUT2D eigenvalue weighted by Gasteiger charge is -2.19. The molecule has 0 bridgehead atoms. The lowest BCUT2D eigenvalue weighted by atomic mass is 10.0. The maximum atomic E-state index is 10.4. The Hall–Kier alpha value is -1.88. The monoisotopic (exact) mass is 222 g/mol. The highest BCUT2D eigenvalue weighted by Gasteiger charge is 2.12. The molecule has 86 valence electrons. The number of aryl methyl sites for hydroxylation is 1. The Morgan fingerprint density at radius 1 is 1.38 bits per heavy atom. The number of aliphatic imine (C=N–C) groups is 1. The van der Waals surface area contributed by atoms with Gasteiger partial charge in [-0.2, -0.15) is 0 Å². The minimum Gasteiger partial charge on any atom is -0.480 e. The van der Waals surface area contributed by atoms with Gasteiger partial charge in [0, 0.05) is 12.1 Å². The molecule has 4 N–H and O–H groups in total. The van der Waals surface area contributed by atoms with Crippen LogP contribution in [0.4, 0.5) is 5.69 Å². The normalized spacial score (nSPS) is 15.9. The molecule has 5 nitrogen and oxygen atoms in total. The third-order valence-corrected chi connectivity index (χ3v) is 2.33. The first-order valence-electron chi connectivity index (χ1n) is 4.86. The number of hydrogen-bond acceptors (Lipinski definition) is 2. The van der Waals surface area contributed by atoms with Gasteiger partial charge < -0.3 is 15.9 Å². The largest absolute Gasteiger partial charge is 0.480 e. The van der Waals surface area contributed by atoms with Gasteiger partial charge in [0.2, 0.25) is 0 Å². The number of amidine groups is 1. The van der Waals surface area contributed by atoms with Crippen LogP contribution in [0.1, 0.15) is 12.0 Å². The first-order chi connectivity index (χ1) is 7.25. The SMILES string of the molecule is O.O=C(O)CN=C1CCc2ccccc2N1. The first kappa shape index (κ1) is 12.2. The number of anilines is 1. The summed E-state index contributed by atoms with van der Waals surface area (Å²) in [5, 5.41) is 11.6. The van der Waals surface area contributed by atoms with E-state index in [0.29, 0.717) is 0 Å². The molecule has 1 aromatic rings. The molecule has 1 aliphatic heterocycles. The number of fused-ring (bicyclic) bond motifs is 1. The van der Waals surface area contributed by atoms with Gasteiger partial charge in [0.15, 0.2) is 0 Å². The molecule has 0 unspecified atom stereocenters. The molecule has 1 aromatic carbocycles. The van der Waals surface area contributed by atoms with E-state index in [9.17, 15) is 4.79 Å². The van der Waals surface area contributed by atoms with Crippen molar-refractivity contribution in [2.45, 2.75) is 12.8 Å². The molecule has 0 spiro atoms. The number of nitrogens with zero attached hydrogens (tertiary/aromatic N) is 1. The number of rotatable bonds is 2. The van der Waals surface area contributed by atoms with Gasteiger partial charge in [-0.25, -0.2) is 0 Å². The number of carboxylic acids is 1. The summed E-state index contributed by atoms with van der Waals surface area (Å²) in [6, 6.07) is 7.99. The molecule has 5 heteroatoms. The van der Waals surface area contributed by atoms with E-state index < -0.39 is 5.97 Å². The number of nitrogens with one attached hydrogen (secondary N) is 1. The Morgan fingerprint density at radius 2 is 2.12 bits per heavy atom. The fraction of sp³-hybridized carbons (Fsp3) is 0.273. The first-order valence-corrected chi connectivity index (χ1v) is 4.86. The minimum absolute atomic E-state index is 0. The van der Waals surface area contributed by atoms with Crippen LogP contribution in [-0.2, 0) is 11.2 Å². The summed E-state index contributed by atoms with van der Waals surface area (Å²) in [5.41, 5.74) is 2.29. The Kier molecular flexibility index (Phi) is 4.02. The third-order valence-electron chi connectivity index (χ3n) is 2.33. The highest BCUT2D eigenvalue weighted by Crippen LogP contribution is 2.21. The topological polar surface area (TPSA) is 93.2 Å². The number of carboxylic acid groups (broad SMARTS) is 1. The van der Waals surface area contributed by atoms with E-state index in [0.717, 1.165) is 24.4 Å². The molecule has 0 aromatic heterocycles. The molecular weight excluding hydrogens is 208 g/mol. The van der Waals surface area contributed by atoms with E-state index in [-0.39, 0.29) is 12.0 Å². The van der Waals surface area contributed by atoms with Gasteiger partial charge in [0.1, 0.15) is 12.4 Å². The Bertz CT molecular complexity index is 415. The highest BCUT2D eigenvalue weighted by atomic mass is 16.4. The van der Waals surface area contributed by atoms with Gasteiger partial charge in [-0.15, -0.1) is 0 Å². The van der Waals surface area contributed by atoms with Gasteiger partial charge in [-0.05, 0) is 18.1 Å². The maximum absolute atomic E-state index is 10.4. The van der Waals surface area contributed by atoms with Crippen LogP contribution in [0, 0.1) is 0 Å². The van der Waals surface area contributed by atoms with Crippen molar-refractivity contribution in [3.8, 4) is 0 Å². The molecule has 16 heavy (non-hydrogen) atoms. The van der Waals surface area contributed by atoms with Gasteiger partial charge in [-0.1, -0.05) is 18.2 Å². The summed E-state index contributed by atoms with van der Waals surface area (Å²) in [5.74, 6) is -0.140. The Morgan fingerprint density at radius 3 is 2.88 bits per heavy atom. The number of benzene rings is 1. The van der Waals surface area contributed by atoms with Crippen LogP contribution in [0.25, 0.3) is 0 Å². The van der Waals surface area contributed by atoms with Crippen LogP contribution in [-0.4, -0.2) is 28.9 Å². The maximum Gasteiger partial charge on any atom is 0.325 e. The van der Waals surface area contributed by atoms with E-state index in [4.69, 9.17) is 5.11 Å². The van der Waals surface area contributed by atoms with Crippen LogP contribution in [0.3, 0.4) is 0 Å². The zero-order valence-electron chi connectivity index (χ0n) is 8.73. The van der Waals surface area contributed by atoms with E-state index in [1.54, 1.807) is 0 Å². The zero-order chi connectivity index (χ0) is 10.7. The predicted octanol–water partition coefficient (Wildman–Crippen LogP) is 0.703. The number of hydrogen-bond donors (Lipinski definition) is 2. The second kappa shape index (κ2) is 5.27. The van der Waals surface area contributed by atoms with Gasteiger partial charge in [0.25, 0.3) is 0 Å². The second-order valence-electron chi connectivity index (χ2n) is 3.44. The number of para-hydroxylation sites is 1. The van der Waals surface area contributed by atoms with Gasteiger partial charge in [0.05, 0.1) is 0 Å². The van der Waals surface area contributed by atoms with Gasteiger partial charge in [-0.3, -0.25) is 9.79 Å². The van der Waals surface area contributed by atoms with Crippen molar-refractivity contribution in [1.29, 1.82) is 0 Å². The lowest BCUT2D eigenvalue weighted by molar-refractivity contribution is -0.135. The molecule has 1 aliphatic rings. The van der Waals surface area contributed by atoms with Crippen molar-refractivity contribution in [1.82, 2.24) is 0 Å². The standard InChI is InChI=1S/C11H12N2O2.H2O/c14-11(15)7-12-10-6-5-8-3-1-2-4-9(8)13-10;/h1-4H,5-7H2,(H,12,13)(H,14,15);1H2. The Labute approximate surface area is 93.1 Å². The highest BCUT2D eigenvalue weighted by molar-refractivity contribution is 5.98. The summed E-state index contributed by atoms with van der Waals surface area (Å²) >= 11 is 0. The van der Waals surface area contributed by atoms with E-state index in [1.165, 1.54) is 5.56 Å². The molecule has 0 saturated heterocycles. The van der Waals surface area contributed by atoms with Crippen LogP contribution in [0.5, 0.6) is 0 Å². The molecule has 0 fully saturated rings. The molecule has 0 radical (unpaired) electrons. The molecule has 0 atom stereocenters. The summed E-state index contributed by atoms with van der Waals surface area (Å²) in [6.07, 6.45) is 1.70. The van der Waals surface area contributed by atoms with E-state index in [1.807, 2.05) is 18.2 Å². The minimum atomic E-state index is -0.900. The fourth-order valence-corrected chi connectivity index (χ4v) is 1.61. The van der Waals surface area contributed by atoms with E-state index >= 15 is 0 Å². The third kappa shape index (κ3) is 2.80. The van der Waals surface area contributed by atoms with Crippen molar-refractivity contribution < 1.29 is 15.4 Å². The fourth-order valence-electron chi connectivity index (χ4n) is 1.61. The average Bonchev–Trinajstić information content (AvgIpc) is 2.26. The molecule has 0 saturated carbocycles. The second-order valence-corrected chi connectivity index (χ2v) is 3.44. The molecule has 0 aliphatic carbocycles. The van der Waals surface area contributed by atoms with Crippen molar-refractivity contribution in [2.24, 2.45) is 4.99 Å². The predicted molar refractivity (Wildman–Crippen MR) is 61.9 cm³/mol. The number of aliphatic carboxylic acids is 1. The number of carbonyl (C=O) groups is 1. The molecule has 2 rings (SSSR count). The average molecular weight is 222 g/mol. The summed E-state index contributed by atoms with van der Waals surface area (Å²) in [4.78, 5) is 14.3. The van der Waals surface area contributed by atoms with Crippen LogP contribution < -0.4 is 5.32 Å². The van der Waals surface area contributed by atoms with Crippen molar-refractivity contribution >= 4 is 17.5 Å². The quantitative estimate of drug-likeness (QED) is 0.771. The van der Waals surface area contributed by atoms with Crippen LogP contribution >= 0.6 is 0 Å². The van der Waals surface area contributed by atoms with E-state index in [2.05, 4.69) is 16.4 Å². The van der Waals surface area contributed by atoms with Crippen molar-refractivity contribution in [3.63, 3.8) is 0 Å². The molecule has 1 heterocycles. The van der Waals surface area contributed by atoms with Crippen LogP contribution in [0.15, 0.2) is 29.3 Å². The van der Waals surface area contributed by atoms with Crippen LogP contribution in [0.2, 0.25) is 0 Å².